The van der Waals surface area contributed by atoms with E-state index in [9.17, 15) is 0 Å². The van der Waals surface area contributed by atoms with Gasteiger partial charge in [-0.1, -0.05) is 6.92 Å². The highest BCUT2D eigenvalue weighted by Gasteiger charge is 2.23. The Bertz CT molecular complexity index is 376. The van der Waals surface area contributed by atoms with Crippen molar-refractivity contribution in [3.8, 4) is 0 Å². The van der Waals surface area contributed by atoms with Crippen LogP contribution in [0.5, 0.6) is 0 Å². The summed E-state index contributed by atoms with van der Waals surface area (Å²) in [6, 6.07) is 2.18. The van der Waals surface area contributed by atoms with Crippen LogP contribution in [0.15, 0.2) is 10.5 Å². The van der Waals surface area contributed by atoms with Crippen molar-refractivity contribution >= 4 is 0 Å². The smallest absolute Gasteiger partial charge is 0.118 e. The summed E-state index contributed by atoms with van der Waals surface area (Å²) >= 11 is 0. The number of rotatable bonds is 6. The fourth-order valence-electron chi connectivity index (χ4n) is 2.45. The lowest BCUT2D eigenvalue weighted by Crippen LogP contribution is -2.22. The van der Waals surface area contributed by atoms with Gasteiger partial charge in [0, 0.05) is 32.3 Å². The van der Waals surface area contributed by atoms with Crippen LogP contribution in [0.4, 0.5) is 0 Å². The predicted molar refractivity (Wildman–Crippen MR) is 71.5 cm³/mol. The van der Waals surface area contributed by atoms with Crippen molar-refractivity contribution in [2.24, 2.45) is 0 Å². The first-order valence-electron chi connectivity index (χ1n) is 6.77. The molecule has 0 aliphatic carbocycles. The van der Waals surface area contributed by atoms with Gasteiger partial charge in [0.15, 0.2) is 0 Å². The first kappa shape index (κ1) is 13.6. The Morgan fingerprint density at radius 3 is 3.06 bits per heavy atom. The van der Waals surface area contributed by atoms with Gasteiger partial charge in [-0.15, -0.1) is 0 Å². The third-order valence-electron chi connectivity index (χ3n) is 3.58. The molecular weight excluding hydrogens is 228 g/mol. The summed E-state index contributed by atoms with van der Waals surface area (Å²) < 4.78 is 11.2. The van der Waals surface area contributed by atoms with Crippen LogP contribution in [-0.2, 0) is 17.8 Å². The molecule has 0 bridgehead atoms. The van der Waals surface area contributed by atoms with Crippen molar-refractivity contribution in [1.82, 2.24) is 10.2 Å². The van der Waals surface area contributed by atoms with Gasteiger partial charge in [-0.25, -0.2) is 0 Å². The number of hydrogen-bond acceptors (Lipinski definition) is 4. The van der Waals surface area contributed by atoms with E-state index >= 15 is 0 Å². The molecule has 0 amide bonds. The minimum absolute atomic E-state index is 0.401. The number of hydrogen-bond donors (Lipinski definition) is 1. The van der Waals surface area contributed by atoms with Gasteiger partial charge in [0.05, 0.1) is 12.6 Å². The molecule has 0 saturated carbocycles. The zero-order valence-corrected chi connectivity index (χ0v) is 11.7. The maximum Gasteiger partial charge on any atom is 0.118 e. The molecule has 0 spiro atoms. The normalized spacial score (nSPS) is 20.7. The molecule has 2 rings (SSSR count). The van der Waals surface area contributed by atoms with Crippen molar-refractivity contribution in [3.63, 3.8) is 0 Å². The summed E-state index contributed by atoms with van der Waals surface area (Å²) in [6.07, 6.45) is 1.54. The lowest BCUT2D eigenvalue weighted by Gasteiger charge is -2.14. The molecule has 0 radical (unpaired) electrons. The molecule has 2 heterocycles. The van der Waals surface area contributed by atoms with Crippen LogP contribution < -0.4 is 5.32 Å². The molecule has 1 aliphatic rings. The van der Waals surface area contributed by atoms with Crippen molar-refractivity contribution in [1.29, 1.82) is 0 Å². The van der Waals surface area contributed by atoms with Crippen LogP contribution in [0.1, 0.15) is 30.4 Å². The van der Waals surface area contributed by atoms with Crippen molar-refractivity contribution in [3.05, 3.63) is 23.2 Å². The fraction of sp³-hybridized carbons (Fsp3) is 0.714. The van der Waals surface area contributed by atoms with Gasteiger partial charge in [0.2, 0.25) is 0 Å². The van der Waals surface area contributed by atoms with E-state index in [-0.39, 0.29) is 0 Å². The largest absolute Gasteiger partial charge is 0.465 e. The highest BCUT2D eigenvalue weighted by molar-refractivity contribution is 5.21. The molecule has 4 nitrogen and oxygen atoms in total. The van der Waals surface area contributed by atoms with Gasteiger partial charge in [-0.3, -0.25) is 4.90 Å². The summed E-state index contributed by atoms with van der Waals surface area (Å²) in [5, 5.41) is 3.29. The van der Waals surface area contributed by atoms with Gasteiger partial charge in [0.1, 0.15) is 11.5 Å². The molecule has 1 aromatic heterocycles. The van der Waals surface area contributed by atoms with Crippen LogP contribution in [0.2, 0.25) is 0 Å². The quantitative estimate of drug-likeness (QED) is 0.839. The Morgan fingerprint density at radius 2 is 2.39 bits per heavy atom. The van der Waals surface area contributed by atoms with Gasteiger partial charge in [-0.05, 0) is 26.0 Å². The summed E-state index contributed by atoms with van der Waals surface area (Å²) in [6.45, 7) is 9.06. The van der Waals surface area contributed by atoms with Gasteiger partial charge in [0.25, 0.3) is 0 Å². The second-order valence-corrected chi connectivity index (χ2v) is 4.96. The van der Waals surface area contributed by atoms with Crippen LogP contribution in [-0.4, -0.2) is 37.7 Å². The standard InChI is InChI=1S/C14H24N2O2/c1-4-15-8-14-7-12(11(2)18-14)9-16-6-5-13(10-16)17-3/h7,13,15H,4-6,8-10H2,1-3H3. The molecule has 1 fully saturated rings. The molecular formula is C14H24N2O2. The lowest BCUT2D eigenvalue weighted by molar-refractivity contribution is 0.107. The molecule has 0 aromatic carbocycles. The Morgan fingerprint density at radius 1 is 1.56 bits per heavy atom. The first-order valence-corrected chi connectivity index (χ1v) is 6.77. The molecule has 4 heteroatoms. The Kier molecular flexibility index (Phi) is 4.80. The Hall–Kier alpha value is -0.840. The van der Waals surface area contributed by atoms with Crippen LogP contribution in [0.25, 0.3) is 0 Å². The average molecular weight is 252 g/mol. The maximum atomic E-state index is 5.76. The molecule has 1 aliphatic heterocycles. The predicted octanol–water partition coefficient (Wildman–Crippen LogP) is 1.92. The number of likely N-dealkylation sites (tertiary alicyclic amines) is 1. The SMILES string of the molecule is CCNCc1cc(CN2CCC(OC)C2)c(C)o1. The van der Waals surface area contributed by atoms with Crippen LogP contribution in [0.3, 0.4) is 0 Å². The van der Waals surface area contributed by atoms with Gasteiger partial charge >= 0.3 is 0 Å². The highest BCUT2D eigenvalue weighted by atomic mass is 16.5. The number of nitrogens with one attached hydrogen (secondary N) is 1. The molecule has 1 N–H and O–H groups in total. The van der Waals surface area contributed by atoms with E-state index in [1.807, 2.05) is 0 Å². The van der Waals surface area contributed by atoms with Crippen LogP contribution in [0, 0.1) is 6.92 Å². The molecule has 1 atom stereocenters. The van der Waals surface area contributed by atoms with Crippen molar-refractivity contribution in [2.45, 2.75) is 39.5 Å². The molecule has 1 aromatic rings. The van der Waals surface area contributed by atoms with E-state index in [4.69, 9.17) is 9.15 Å². The van der Waals surface area contributed by atoms with Crippen molar-refractivity contribution < 1.29 is 9.15 Å². The van der Waals surface area contributed by atoms with E-state index in [0.717, 1.165) is 50.7 Å². The highest BCUT2D eigenvalue weighted by Crippen LogP contribution is 2.20. The van der Waals surface area contributed by atoms with Crippen LogP contribution >= 0.6 is 0 Å². The summed E-state index contributed by atoms with van der Waals surface area (Å²) in [7, 11) is 1.80. The molecule has 18 heavy (non-hydrogen) atoms. The Balaban J connectivity index is 1.91. The first-order chi connectivity index (χ1) is 8.72. The minimum Gasteiger partial charge on any atom is -0.465 e. The Labute approximate surface area is 109 Å². The maximum absolute atomic E-state index is 5.76. The second-order valence-electron chi connectivity index (χ2n) is 4.96. The molecule has 1 unspecified atom stereocenters. The topological polar surface area (TPSA) is 37.6 Å². The number of ether oxygens (including phenoxy) is 1. The summed E-state index contributed by atoms with van der Waals surface area (Å²) in [4.78, 5) is 2.43. The second kappa shape index (κ2) is 6.36. The zero-order valence-electron chi connectivity index (χ0n) is 11.7. The number of aryl methyl sites for hydroxylation is 1. The average Bonchev–Trinajstić information content (AvgIpc) is 2.95. The van der Waals surface area contributed by atoms with E-state index in [1.54, 1.807) is 7.11 Å². The van der Waals surface area contributed by atoms with Gasteiger partial charge < -0.3 is 14.5 Å². The summed E-state index contributed by atoms with van der Waals surface area (Å²) in [5.41, 5.74) is 1.31. The van der Waals surface area contributed by atoms with E-state index < -0.39 is 0 Å². The van der Waals surface area contributed by atoms with E-state index in [1.165, 1.54) is 5.56 Å². The number of nitrogens with zero attached hydrogens (tertiary/aromatic N) is 1. The van der Waals surface area contributed by atoms with Crippen molar-refractivity contribution in [2.75, 3.05) is 26.7 Å². The minimum atomic E-state index is 0.401. The number of furan rings is 1. The number of methoxy groups -OCH3 is 1. The third kappa shape index (κ3) is 3.34. The third-order valence-corrected chi connectivity index (χ3v) is 3.58. The molecule has 102 valence electrons. The van der Waals surface area contributed by atoms with E-state index in [2.05, 4.69) is 30.1 Å². The molecule has 1 saturated heterocycles. The fourth-order valence-corrected chi connectivity index (χ4v) is 2.45. The monoisotopic (exact) mass is 252 g/mol. The summed E-state index contributed by atoms with van der Waals surface area (Å²) in [5.74, 6) is 2.08. The van der Waals surface area contributed by atoms with E-state index in [0.29, 0.717) is 6.10 Å². The lowest BCUT2D eigenvalue weighted by atomic mass is 10.2. The zero-order chi connectivity index (χ0) is 13.0. The van der Waals surface area contributed by atoms with Gasteiger partial charge in [-0.2, -0.15) is 0 Å².